The maximum atomic E-state index is 12.6. The van der Waals surface area contributed by atoms with Gasteiger partial charge in [-0.1, -0.05) is 18.2 Å². The van der Waals surface area contributed by atoms with Gasteiger partial charge in [0.15, 0.2) is 0 Å². The minimum absolute atomic E-state index is 0.130. The highest BCUT2D eigenvalue weighted by Gasteiger charge is 2.23. The molecule has 1 heterocycles. The fourth-order valence-corrected chi connectivity index (χ4v) is 2.92. The summed E-state index contributed by atoms with van der Waals surface area (Å²) in [5, 5.41) is 3.61. The Bertz CT molecular complexity index is 887. The van der Waals surface area contributed by atoms with Crippen LogP contribution in [0.5, 0.6) is 0 Å². The van der Waals surface area contributed by atoms with E-state index in [-0.39, 0.29) is 6.42 Å². The van der Waals surface area contributed by atoms with Crippen LogP contribution in [-0.2, 0) is 20.7 Å². The van der Waals surface area contributed by atoms with Crippen LogP contribution in [0, 0.1) is 0 Å². The van der Waals surface area contributed by atoms with Gasteiger partial charge < -0.3 is 19.6 Å². The Hall–Kier alpha value is -2.83. The van der Waals surface area contributed by atoms with Gasteiger partial charge in [0, 0.05) is 24.0 Å². The second-order valence-corrected chi connectivity index (χ2v) is 8.97. The zero-order valence-corrected chi connectivity index (χ0v) is 17.9. The van der Waals surface area contributed by atoms with Gasteiger partial charge in [0.1, 0.15) is 17.5 Å². The number of aromatic nitrogens is 1. The van der Waals surface area contributed by atoms with Crippen molar-refractivity contribution in [3.8, 4) is 0 Å². The predicted octanol–water partition coefficient (Wildman–Crippen LogP) is 4.45. The maximum Gasteiger partial charge on any atom is 0.419 e. The van der Waals surface area contributed by atoms with Crippen LogP contribution < -0.4 is 5.32 Å². The lowest BCUT2D eigenvalue weighted by atomic mass is 10.0. The molecule has 0 radical (unpaired) electrons. The average molecular weight is 402 g/mol. The SMILES string of the molecule is CC(C)(C)OC(=O)NC(CC=O)Cc1cn(C(=O)OC(C)(C)C)c2ccccc12. The standard InChI is InChI=1S/C22H30N2O5/c1-21(2,3)28-19(26)23-16(11-12-25)13-15-14-24(20(27)29-22(4,5)6)18-10-8-7-9-17(15)18/h7-10,12,14,16H,11,13H2,1-6H3,(H,23,26). The van der Waals surface area contributed by atoms with E-state index in [0.29, 0.717) is 11.9 Å². The Balaban J connectivity index is 2.30. The van der Waals surface area contributed by atoms with E-state index in [0.717, 1.165) is 17.2 Å². The minimum atomic E-state index is -0.636. The second kappa shape index (κ2) is 8.68. The quantitative estimate of drug-likeness (QED) is 0.747. The lowest BCUT2D eigenvalue weighted by Gasteiger charge is -2.22. The molecule has 0 bridgehead atoms. The molecule has 0 saturated heterocycles. The highest BCUT2D eigenvalue weighted by atomic mass is 16.6. The first-order valence-corrected chi connectivity index (χ1v) is 9.65. The molecule has 0 aliphatic rings. The number of alkyl carbamates (subject to hydrolysis) is 1. The highest BCUT2D eigenvalue weighted by molar-refractivity contribution is 5.92. The molecule has 2 rings (SSSR count). The van der Waals surface area contributed by atoms with Crippen molar-refractivity contribution in [2.75, 3.05) is 0 Å². The van der Waals surface area contributed by atoms with Gasteiger partial charge in [-0.05, 0) is 59.6 Å². The number of carbonyl (C=O) groups is 3. The van der Waals surface area contributed by atoms with Crippen LogP contribution in [0.15, 0.2) is 30.5 Å². The first-order valence-electron chi connectivity index (χ1n) is 9.65. The zero-order valence-electron chi connectivity index (χ0n) is 17.9. The lowest BCUT2D eigenvalue weighted by Crippen LogP contribution is -2.40. The topological polar surface area (TPSA) is 86.6 Å². The first-order chi connectivity index (χ1) is 13.4. The van der Waals surface area contributed by atoms with Crippen LogP contribution in [0.3, 0.4) is 0 Å². The average Bonchev–Trinajstić information content (AvgIpc) is 2.91. The predicted molar refractivity (Wildman–Crippen MR) is 111 cm³/mol. The molecule has 1 atom stereocenters. The summed E-state index contributed by atoms with van der Waals surface area (Å²) in [6, 6.07) is 6.99. The van der Waals surface area contributed by atoms with E-state index >= 15 is 0 Å². The normalized spacial score (nSPS) is 13.0. The number of carbonyl (C=O) groups excluding carboxylic acids is 3. The minimum Gasteiger partial charge on any atom is -0.444 e. The van der Waals surface area contributed by atoms with Crippen LogP contribution in [0.4, 0.5) is 9.59 Å². The summed E-state index contributed by atoms with van der Waals surface area (Å²) in [4.78, 5) is 35.9. The molecule has 158 valence electrons. The van der Waals surface area contributed by atoms with E-state index in [2.05, 4.69) is 5.32 Å². The molecular formula is C22H30N2O5. The van der Waals surface area contributed by atoms with Crippen LogP contribution in [0.2, 0.25) is 0 Å². The molecule has 1 unspecified atom stereocenters. The smallest absolute Gasteiger partial charge is 0.419 e. The van der Waals surface area contributed by atoms with Gasteiger partial charge in [0.05, 0.1) is 5.52 Å². The number of aldehydes is 1. The van der Waals surface area contributed by atoms with Crippen molar-refractivity contribution in [3.63, 3.8) is 0 Å². The van der Waals surface area contributed by atoms with E-state index in [9.17, 15) is 14.4 Å². The van der Waals surface area contributed by atoms with Crippen molar-refractivity contribution in [1.29, 1.82) is 0 Å². The fraction of sp³-hybridized carbons (Fsp3) is 0.500. The summed E-state index contributed by atoms with van der Waals surface area (Å²) in [7, 11) is 0. The van der Waals surface area contributed by atoms with Crippen LogP contribution >= 0.6 is 0 Å². The number of ether oxygens (including phenoxy) is 2. The van der Waals surface area contributed by atoms with Crippen molar-refractivity contribution in [2.24, 2.45) is 0 Å². The molecule has 0 aliphatic carbocycles. The van der Waals surface area contributed by atoms with Gasteiger partial charge in [-0.2, -0.15) is 0 Å². The van der Waals surface area contributed by atoms with E-state index in [1.807, 2.05) is 45.0 Å². The molecular weight excluding hydrogens is 372 g/mol. The van der Waals surface area contributed by atoms with Crippen LogP contribution in [0.25, 0.3) is 10.9 Å². The maximum absolute atomic E-state index is 12.6. The number of nitrogens with zero attached hydrogens (tertiary/aromatic N) is 1. The number of fused-ring (bicyclic) bond motifs is 1. The molecule has 1 amide bonds. The largest absolute Gasteiger partial charge is 0.444 e. The summed E-state index contributed by atoms with van der Waals surface area (Å²) in [5.41, 5.74) is 0.275. The Labute approximate surface area is 171 Å². The van der Waals surface area contributed by atoms with Gasteiger partial charge in [-0.3, -0.25) is 4.57 Å². The molecule has 0 saturated carbocycles. The van der Waals surface area contributed by atoms with Crippen molar-refractivity contribution in [3.05, 3.63) is 36.0 Å². The molecule has 0 fully saturated rings. The summed E-state index contributed by atoms with van der Waals surface area (Å²) in [6.45, 7) is 10.7. The first kappa shape index (κ1) is 22.5. The molecule has 1 aromatic heterocycles. The lowest BCUT2D eigenvalue weighted by molar-refractivity contribution is -0.108. The number of para-hydroxylation sites is 1. The van der Waals surface area contributed by atoms with Gasteiger partial charge in [0.2, 0.25) is 0 Å². The second-order valence-electron chi connectivity index (χ2n) is 8.97. The molecule has 1 aromatic carbocycles. The Morgan fingerprint density at radius 3 is 2.28 bits per heavy atom. The number of nitrogens with one attached hydrogen (secondary N) is 1. The number of hydrogen-bond donors (Lipinski definition) is 1. The zero-order chi connectivity index (χ0) is 21.8. The van der Waals surface area contributed by atoms with Crippen LogP contribution in [-0.4, -0.2) is 40.3 Å². The van der Waals surface area contributed by atoms with Crippen molar-refractivity contribution in [2.45, 2.75) is 71.6 Å². The van der Waals surface area contributed by atoms with Gasteiger partial charge in [0.25, 0.3) is 0 Å². The molecule has 0 spiro atoms. The highest BCUT2D eigenvalue weighted by Crippen LogP contribution is 2.24. The number of rotatable bonds is 5. The molecule has 29 heavy (non-hydrogen) atoms. The van der Waals surface area contributed by atoms with E-state index in [4.69, 9.17) is 9.47 Å². The van der Waals surface area contributed by atoms with E-state index in [1.165, 1.54) is 4.57 Å². The Kier molecular flexibility index (Phi) is 6.72. The summed E-state index contributed by atoms with van der Waals surface area (Å²) < 4.78 is 12.2. The summed E-state index contributed by atoms with van der Waals surface area (Å²) >= 11 is 0. The summed E-state index contributed by atoms with van der Waals surface area (Å²) in [6.07, 6.45) is 1.90. The number of benzene rings is 1. The van der Waals surface area contributed by atoms with Crippen molar-refractivity contribution < 1.29 is 23.9 Å². The van der Waals surface area contributed by atoms with Crippen molar-refractivity contribution in [1.82, 2.24) is 9.88 Å². The Morgan fingerprint density at radius 1 is 1.07 bits per heavy atom. The molecule has 7 heteroatoms. The fourth-order valence-electron chi connectivity index (χ4n) is 2.92. The molecule has 2 aromatic rings. The van der Waals surface area contributed by atoms with E-state index in [1.54, 1.807) is 27.0 Å². The van der Waals surface area contributed by atoms with Gasteiger partial charge in [-0.25, -0.2) is 9.59 Å². The summed E-state index contributed by atoms with van der Waals surface area (Å²) in [5.74, 6) is 0. The monoisotopic (exact) mass is 402 g/mol. The van der Waals surface area contributed by atoms with Crippen LogP contribution in [0.1, 0.15) is 53.5 Å². The molecule has 0 aliphatic heterocycles. The third kappa shape index (κ3) is 6.62. The van der Waals surface area contributed by atoms with E-state index < -0.39 is 29.4 Å². The number of amides is 1. The van der Waals surface area contributed by atoms with Gasteiger partial charge in [-0.15, -0.1) is 0 Å². The van der Waals surface area contributed by atoms with Gasteiger partial charge >= 0.3 is 12.2 Å². The third-order valence-electron chi connectivity index (χ3n) is 3.95. The third-order valence-corrected chi connectivity index (χ3v) is 3.95. The molecule has 1 N–H and O–H groups in total. The van der Waals surface area contributed by atoms with Crippen molar-refractivity contribution >= 4 is 29.4 Å². The molecule has 7 nitrogen and oxygen atoms in total. The number of hydrogen-bond acceptors (Lipinski definition) is 5. The Morgan fingerprint density at radius 2 is 1.69 bits per heavy atom.